The van der Waals surface area contributed by atoms with Crippen molar-refractivity contribution in [3.8, 4) is 5.75 Å². The molecule has 3 aromatic carbocycles. The molecule has 0 saturated heterocycles. The van der Waals surface area contributed by atoms with Crippen molar-refractivity contribution < 1.29 is 9.53 Å². The lowest BCUT2D eigenvalue weighted by atomic mass is 10.1. The first-order valence-corrected chi connectivity index (χ1v) is 9.45. The van der Waals surface area contributed by atoms with Crippen molar-refractivity contribution in [2.75, 3.05) is 11.9 Å². The summed E-state index contributed by atoms with van der Waals surface area (Å²) in [5, 5.41) is 12.5. The molecule has 4 rings (SSSR count). The molecule has 0 unspecified atom stereocenters. The molecule has 6 nitrogen and oxygen atoms in total. The zero-order chi connectivity index (χ0) is 20.4. The second-order valence-corrected chi connectivity index (χ2v) is 6.79. The Labute approximate surface area is 168 Å². The van der Waals surface area contributed by atoms with Gasteiger partial charge >= 0.3 is 0 Å². The molecule has 0 bridgehead atoms. The maximum absolute atomic E-state index is 12.6. The normalized spacial score (nSPS) is 10.9. The quantitative estimate of drug-likeness (QED) is 0.339. The van der Waals surface area contributed by atoms with E-state index >= 15 is 0 Å². The van der Waals surface area contributed by atoms with Crippen LogP contribution in [0.1, 0.15) is 17.3 Å². The number of aromatic nitrogens is 1. The van der Waals surface area contributed by atoms with Gasteiger partial charge < -0.3 is 20.4 Å². The molecule has 0 aliphatic rings. The Kier molecular flexibility index (Phi) is 4.91. The van der Waals surface area contributed by atoms with Gasteiger partial charge in [0.15, 0.2) is 0 Å². The number of nitrogens with two attached hydrogens (primary N) is 1. The molecule has 0 aliphatic carbocycles. The number of para-hydroxylation sites is 1. The van der Waals surface area contributed by atoms with Crippen molar-refractivity contribution in [2.24, 2.45) is 5.73 Å². The number of rotatable bonds is 6. The third kappa shape index (κ3) is 3.65. The molecular weight excluding hydrogens is 364 g/mol. The Balaban J connectivity index is 1.58. The molecule has 0 radical (unpaired) electrons. The van der Waals surface area contributed by atoms with Gasteiger partial charge in [-0.05, 0) is 49.4 Å². The number of anilines is 1. The van der Waals surface area contributed by atoms with E-state index in [4.69, 9.17) is 15.9 Å². The van der Waals surface area contributed by atoms with Crippen molar-refractivity contribution >= 4 is 39.2 Å². The summed E-state index contributed by atoms with van der Waals surface area (Å²) in [7, 11) is 0. The zero-order valence-electron chi connectivity index (χ0n) is 16.1. The van der Waals surface area contributed by atoms with E-state index in [9.17, 15) is 4.79 Å². The third-order valence-corrected chi connectivity index (χ3v) is 4.86. The fourth-order valence-electron chi connectivity index (χ4n) is 3.53. The number of nitrogens with zero attached hydrogens (tertiary/aromatic N) is 1. The van der Waals surface area contributed by atoms with Gasteiger partial charge in [-0.2, -0.15) is 0 Å². The van der Waals surface area contributed by atoms with Gasteiger partial charge in [-0.1, -0.05) is 24.3 Å². The molecule has 0 fully saturated rings. The average molecular weight is 386 g/mol. The fourth-order valence-corrected chi connectivity index (χ4v) is 3.53. The largest absolute Gasteiger partial charge is 0.486 e. The van der Waals surface area contributed by atoms with Gasteiger partial charge in [-0.25, -0.2) is 0 Å². The van der Waals surface area contributed by atoms with Crippen LogP contribution in [0.2, 0.25) is 0 Å². The van der Waals surface area contributed by atoms with Crippen LogP contribution in [0.5, 0.6) is 5.75 Å². The Morgan fingerprint density at radius 2 is 1.76 bits per heavy atom. The lowest BCUT2D eigenvalue weighted by Crippen LogP contribution is -2.19. The van der Waals surface area contributed by atoms with Crippen LogP contribution in [-0.4, -0.2) is 22.9 Å². The van der Waals surface area contributed by atoms with E-state index in [2.05, 4.69) is 35.0 Å². The van der Waals surface area contributed by atoms with Gasteiger partial charge in [-0.3, -0.25) is 10.2 Å². The van der Waals surface area contributed by atoms with Gasteiger partial charge in [0.25, 0.3) is 5.91 Å². The second-order valence-electron chi connectivity index (χ2n) is 6.79. The highest BCUT2D eigenvalue weighted by molar-refractivity contribution is 6.10. The first-order chi connectivity index (χ1) is 14.1. The number of carbonyl (C=O) groups is 1. The van der Waals surface area contributed by atoms with Crippen LogP contribution in [0.3, 0.4) is 0 Å². The number of benzene rings is 3. The highest BCUT2D eigenvalue weighted by atomic mass is 16.5. The molecule has 0 atom stereocenters. The van der Waals surface area contributed by atoms with Crippen LogP contribution in [0, 0.1) is 5.41 Å². The van der Waals surface area contributed by atoms with Gasteiger partial charge in [0, 0.05) is 34.1 Å². The third-order valence-electron chi connectivity index (χ3n) is 4.86. The smallest absolute Gasteiger partial charge is 0.255 e. The lowest BCUT2D eigenvalue weighted by Gasteiger charge is -2.09. The van der Waals surface area contributed by atoms with Crippen LogP contribution in [0.4, 0.5) is 5.69 Å². The van der Waals surface area contributed by atoms with Crippen LogP contribution in [0.25, 0.3) is 21.8 Å². The monoisotopic (exact) mass is 386 g/mol. The number of carbonyl (C=O) groups excluding carboxylic acids is 1. The summed E-state index contributed by atoms with van der Waals surface area (Å²) in [5.74, 6) is 0.318. The number of fused-ring (bicyclic) bond motifs is 3. The van der Waals surface area contributed by atoms with Crippen LogP contribution >= 0.6 is 0 Å². The van der Waals surface area contributed by atoms with Gasteiger partial charge in [0.05, 0.1) is 5.52 Å². The van der Waals surface area contributed by atoms with E-state index in [0.717, 1.165) is 17.7 Å². The molecule has 29 heavy (non-hydrogen) atoms. The minimum atomic E-state index is -0.193. The maximum Gasteiger partial charge on any atom is 0.255 e. The highest BCUT2D eigenvalue weighted by Crippen LogP contribution is 2.31. The van der Waals surface area contributed by atoms with Crippen molar-refractivity contribution in [1.29, 1.82) is 5.41 Å². The first-order valence-electron chi connectivity index (χ1n) is 9.45. The summed E-state index contributed by atoms with van der Waals surface area (Å²) in [4.78, 5) is 12.6. The number of aryl methyl sites for hydroxylation is 1. The Hall–Kier alpha value is -3.80. The van der Waals surface area contributed by atoms with Crippen LogP contribution < -0.4 is 15.8 Å². The van der Waals surface area contributed by atoms with Crippen molar-refractivity contribution in [3.63, 3.8) is 0 Å². The summed E-state index contributed by atoms with van der Waals surface area (Å²) in [6, 6.07) is 21.1. The molecular formula is C23H22N4O2. The predicted molar refractivity (Wildman–Crippen MR) is 117 cm³/mol. The Morgan fingerprint density at radius 1 is 1.03 bits per heavy atom. The van der Waals surface area contributed by atoms with Gasteiger partial charge in [0.1, 0.15) is 18.2 Å². The van der Waals surface area contributed by atoms with E-state index in [1.54, 1.807) is 24.3 Å². The maximum atomic E-state index is 12.6. The molecule has 1 amide bonds. The van der Waals surface area contributed by atoms with Gasteiger partial charge in [0.2, 0.25) is 0 Å². The fraction of sp³-hybridized carbons (Fsp3) is 0.130. The molecule has 0 spiro atoms. The number of ether oxygens (including phenoxy) is 1. The molecule has 0 saturated carbocycles. The van der Waals surface area contributed by atoms with E-state index < -0.39 is 0 Å². The second kappa shape index (κ2) is 7.67. The lowest BCUT2D eigenvalue weighted by molar-refractivity contribution is 0.102. The molecule has 4 aromatic rings. The van der Waals surface area contributed by atoms with E-state index in [0.29, 0.717) is 11.3 Å². The topological polar surface area (TPSA) is 93.1 Å². The van der Waals surface area contributed by atoms with E-state index in [1.165, 1.54) is 16.3 Å². The number of amidine groups is 1. The molecule has 1 heterocycles. The minimum Gasteiger partial charge on any atom is -0.486 e. The summed E-state index contributed by atoms with van der Waals surface area (Å²) in [6.07, 6.45) is 0. The number of amides is 1. The summed E-state index contributed by atoms with van der Waals surface area (Å²) >= 11 is 0. The molecule has 1 aromatic heterocycles. The van der Waals surface area contributed by atoms with Crippen molar-refractivity contribution in [3.05, 3.63) is 72.3 Å². The predicted octanol–water partition coefficient (Wildman–Crippen LogP) is 4.38. The van der Waals surface area contributed by atoms with Crippen LogP contribution in [0.15, 0.2) is 66.7 Å². The molecule has 0 aliphatic heterocycles. The first kappa shape index (κ1) is 18.6. The molecule has 4 N–H and O–H groups in total. The Morgan fingerprint density at radius 3 is 2.48 bits per heavy atom. The number of hydrogen-bond donors (Lipinski definition) is 3. The summed E-state index contributed by atoms with van der Waals surface area (Å²) < 4.78 is 7.59. The SMILES string of the molecule is CCn1c2ccccc2c2ccc(NC(=O)c3ccc(OCC(=N)N)cc3)cc21. The minimum absolute atomic E-state index is 0.0248. The molecule has 146 valence electrons. The molecule has 6 heteroatoms. The zero-order valence-corrected chi connectivity index (χ0v) is 16.1. The summed E-state index contributed by atoms with van der Waals surface area (Å²) in [6.45, 7) is 2.99. The van der Waals surface area contributed by atoms with Crippen LogP contribution in [-0.2, 0) is 6.54 Å². The highest BCUT2D eigenvalue weighted by Gasteiger charge is 2.12. The van der Waals surface area contributed by atoms with E-state index in [1.807, 2.05) is 24.3 Å². The van der Waals surface area contributed by atoms with Crippen molar-refractivity contribution in [1.82, 2.24) is 4.57 Å². The summed E-state index contributed by atoms with van der Waals surface area (Å²) in [5.41, 5.74) is 8.84. The Bertz CT molecular complexity index is 1210. The van der Waals surface area contributed by atoms with E-state index in [-0.39, 0.29) is 18.3 Å². The average Bonchev–Trinajstić information content (AvgIpc) is 3.05. The number of hydrogen-bond acceptors (Lipinski definition) is 3. The van der Waals surface area contributed by atoms with Crippen molar-refractivity contribution in [2.45, 2.75) is 13.5 Å². The van der Waals surface area contributed by atoms with Gasteiger partial charge in [-0.15, -0.1) is 0 Å². The number of nitrogens with one attached hydrogen (secondary N) is 2. The standard InChI is InChI=1S/C23H22N4O2/c1-2-27-20-6-4-3-5-18(20)19-12-9-16(13-21(19)27)26-23(28)15-7-10-17(11-8-15)29-14-22(24)25/h3-13H,2,14H2,1H3,(H3,24,25)(H,26,28).